The lowest BCUT2D eigenvalue weighted by atomic mass is 10.1. The minimum atomic E-state index is 0.708. The van der Waals surface area contributed by atoms with Gasteiger partial charge in [-0.25, -0.2) is 0 Å². The van der Waals surface area contributed by atoms with Crippen LogP contribution >= 0.6 is 0 Å². The zero-order valence-electron chi connectivity index (χ0n) is 12.5. The van der Waals surface area contributed by atoms with Gasteiger partial charge in [-0.05, 0) is 37.0 Å². The van der Waals surface area contributed by atoms with E-state index in [2.05, 4.69) is 63.9 Å². The van der Waals surface area contributed by atoms with E-state index in [1.807, 2.05) is 6.07 Å². The number of anilines is 1. The summed E-state index contributed by atoms with van der Waals surface area (Å²) in [5.41, 5.74) is 2.37. The van der Waals surface area contributed by atoms with E-state index in [1.165, 1.54) is 18.4 Å². The van der Waals surface area contributed by atoms with Crippen LogP contribution in [0.2, 0.25) is 0 Å². The molecule has 21 heavy (non-hydrogen) atoms. The molecule has 0 unspecified atom stereocenters. The molecule has 2 aromatic rings. The van der Waals surface area contributed by atoms with Crippen LogP contribution in [0, 0.1) is 0 Å². The van der Waals surface area contributed by atoms with Crippen molar-refractivity contribution < 1.29 is 0 Å². The Morgan fingerprint density at radius 2 is 1.90 bits per heavy atom. The van der Waals surface area contributed by atoms with Crippen molar-refractivity contribution in [3.8, 4) is 0 Å². The lowest BCUT2D eigenvalue weighted by Crippen LogP contribution is -2.22. The first-order valence-corrected chi connectivity index (χ1v) is 7.62. The summed E-state index contributed by atoms with van der Waals surface area (Å²) in [6.45, 7) is 1.77. The molecule has 1 heterocycles. The standard InChI is InChI=1S/C17H22N4/c1-21(12-11-14-5-3-2-4-6-14)17-10-9-16(19-20-17)13-18-15-7-8-15/h2-6,9-10,15,18H,7-8,11-13H2,1H3. The summed E-state index contributed by atoms with van der Waals surface area (Å²) in [6.07, 6.45) is 3.62. The van der Waals surface area contributed by atoms with Crippen molar-refractivity contribution >= 4 is 5.82 Å². The Morgan fingerprint density at radius 3 is 2.57 bits per heavy atom. The maximum absolute atomic E-state index is 4.33. The van der Waals surface area contributed by atoms with Crippen LogP contribution in [0.4, 0.5) is 5.82 Å². The highest BCUT2D eigenvalue weighted by molar-refractivity contribution is 5.36. The van der Waals surface area contributed by atoms with Crippen LogP contribution in [0.5, 0.6) is 0 Å². The van der Waals surface area contributed by atoms with Crippen LogP contribution in [0.15, 0.2) is 42.5 Å². The maximum atomic E-state index is 4.33. The first-order valence-electron chi connectivity index (χ1n) is 7.62. The van der Waals surface area contributed by atoms with Crippen molar-refractivity contribution in [3.05, 3.63) is 53.7 Å². The first-order chi connectivity index (χ1) is 10.3. The molecule has 0 atom stereocenters. The lowest BCUT2D eigenvalue weighted by Gasteiger charge is -2.17. The normalized spacial score (nSPS) is 14.1. The second-order valence-corrected chi connectivity index (χ2v) is 5.70. The molecule has 1 aliphatic rings. The van der Waals surface area contributed by atoms with Gasteiger partial charge in [0.1, 0.15) is 0 Å². The SMILES string of the molecule is CN(CCc1ccccc1)c1ccc(CNC2CC2)nn1. The Bertz CT molecular complexity index is 549. The molecule has 0 spiro atoms. The molecule has 3 rings (SSSR count). The molecule has 110 valence electrons. The topological polar surface area (TPSA) is 41.0 Å². The van der Waals surface area contributed by atoms with Crippen molar-refractivity contribution in [1.82, 2.24) is 15.5 Å². The predicted molar refractivity (Wildman–Crippen MR) is 85.3 cm³/mol. The number of hydrogen-bond acceptors (Lipinski definition) is 4. The van der Waals surface area contributed by atoms with Crippen molar-refractivity contribution in [2.45, 2.75) is 31.8 Å². The van der Waals surface area contributed by atoms with Gasteiger partial charge < -0.3 is 10.2 Å². The van der Waals surface area contributed by atoms with E-state index in [9.17, 15) is 0 Å². The molecule has 1 aromatic carbocycles. The maximum Gasteiger partial charge on any atom is 0.150 e. The van der Waals surface area contributed by atoms with Crippen LogP contribution in [0.3, 0.4) is 0 Å². The molecule has 0 aliphatic heterocycles. The average molecular weight is 282 g/mol. The summed E-state index contributed by atoms with van der Waals surface area (Å²) in [6, 6.07) is 15.4. The predicted octanol–water partition coefficient (Wildman–Crippen LogP) is 2.41. The molecule has 4 heteroatoms. The molecule has 0 radical (unpaired) electrons. The van der Waals surface area contributed by atoms with Crippen molar-refractivity contribution in [3.63, 3.8) is 0 Å². The third-order valence-electron chi connectivity index (χ3n) is 3.82. The number of nitrogens with zero attached hydrogens (tertiary/aromatic N) is 3. The zero-order valence-corrected chi connectivity index (χ0v) is 12.5. The van der Waals surface area contributed by atoms with Gasteiger partial charge in [0.2, 0.25) is 0 Å². The second kappa shape index (κ2) is 6.68. The fraction of sp³-hybridized carbons (Fsp3) is 0.412. The average Bonchev–Trinajstić information content (AvgIpc) is 3.36. The molecular formula is C17H22N4. The van der Waals surface area contributed by atoms with Gasteiger partial charge in [0.05, 0.1) is 5.69 Å². The van der Waals surface area contributed by atoms with Crippen LogP contribution in [-0.2, 0) is 13.0 Å². The molecule has 0 amide bonds. The van der Waals surface area contributed by atoms with Gasteiger partial charge >= 0.3 is 0 Å². The third kappa shape index (κ3) is 4.26. The third-order valence-corrected chi connectivity index (χ3v) is 3.82. The van der Waals surface area contributed by atoms with Gasteiger partial charge in [-0.3, -0.25) is 0 Å². The summed E-state index contributed by atoms with van der Waals surface area (Å²) in [7, 11) is 2.06. The van der Waals surface area contributed by atoms with E-state index in [4.69, 9.17) is 0 Å². The fourth-order valence-corrected chi connectivity index (χ4v) is 2.24. The Labute approximate surface area is 126 Å². The molecule has 1 saturated carbocycles. The smallest absolute Gasteiger partial charge is 0.150 e. The van der Waals surface area contributed by atoms with Gasteiger partial charge in [-0.1, -0.05) is 30.3 Å². The molecule has 1 aromatic heterocycles. The quantitative estimate of drug-likeness (QED) is 0.846. The Balaban J connectivity index is 1.50. The van der Waals surface area contributed by atoms with Gasteiger partial charge in [-0.15, -0.1) is 5.10 Å². The van der Waals surface area contributed by atoms with Gasteiger partial charge in [0.15, 0.2) is 5.82 Å². The highest BCUT2D eigenvalue weighted by Gasteiger charge is 2.20. The summed E-state index contributed by atoms with van der Waals surface area (Å²) in [5.74, 6) is 0.932. The molecule has 0 saturated heterocycles. The van der Waals surface area contributed by atoms with E-state index in [0.717, 1.165) is 31.0 Å². The largest absolute Gasteiger partial charge is 0.358 e. The Morgan fingerprint density at radius 1 is 1.10 bits per heavy atom. The van der Waals surface area contributed by atoms with Gasteiger partial charge in [0, 0.05) is 26.2 Å². The lowest BCUT2D eigenvalue weighted by molar-refractivity contribution is 0.664. The summed E-state index contributed by atoms with van der Waals surface area (Å²) in [4.78, 5) is 2.15. The second-order valence-electron chi connectivity index (χ2n) is 5.70. The van der Waals surface area contributed by atoms with Crippen molar-refractivity contribution in [2.75, 3.05) is 18.5 Å². The van der Waals surface area contributed by atoms with E-state index in [-0.39, 0.29) is 0 Å². The zero-order chi connectivity index (χ0) is 14.5. The Hall–Kier alpha value is -1.94. The van der Waals surface area contributed by atoms with Crippen LogP contribution in [-0.4, -0.2) is 29.8 Å². The minimum absolute atomic E-state index is 0.708. The fourth-order valence-electron chi connectivity index (χ4n) is 2.24. The van der Waals surface area contributed by atoms with Crippen LogP contribution in [0.1, 0.15) is 24.1 Å². The molecule has 1 fully saturated rings. The number of rotatable bonds is 7. The van der Waals surface area contributed by atoms with Crippen molar-refractivity contribution in [2.24, 2.45) is 0 Å². The van der Waals surface area contributed by atoms with E-state index in [0.29, 0.717) is 6.04 Å². The number of aromatic nitrogens is 2. The summed E-state index contributed by atoms with van der Waals surface area (Å²) < 4.78 is 0. The summed E-state index contributed by atoms with van der Waals surface area (Å²) in [5, 5.41) is 12.1. The molecule has 0 bridgehead atoms. The molecule has 4 nitrogen and oxygen atoms in total. The first kappa shape index (κ1) is 14.0. The number of benzene rings is 1. The van der Waals surface area contributed by atoms with Crippen LogP contribution in [0.25, 0.3) is 0 Å². The summed E-state index contributed by atoms with van der Waals surface area (Å²) >= 11 is 0. The highest BCUT2D eigenvalue weighted by Crippen LogP contribution is 2.19. The van der Waals surface area contributed by atoms with E-state index < -0.39 is 0 Å². The van der Waals surface area contributed by atoms with Gasteiger partial charge in [0.25, 0.3) is 0 Å². The van der Waals surface area contributed by atoms with Gasteiger partial charge in [-0.2, -0.15) is 5.10 Å². The Kier molecular flexibility index (Phi) is 4.46. The van der Waals surface area contributed by atoms with E-state index >= 15 is 0 Å². The monoisotopic (exact) mass is 282 g/mol. The molecule has 1 aliphatic carbocycles. The number of nitrogens with one attached hydrogen (secondary N) is 1. The highest BCUT2D eigenvalue weighted by atomic mass is 15.2. The number of likely N-dealkylation sites (N-methyl/N-ethyl adjacent to an activating group) is 1. The van der Waals surface area contributed by atoms with Crippen molar-refractivity contribution in [1.29, 1.82) is 0 Å². The van der Waals surface area contributed by atoms with Crippen LogP contribution < -0.4 is 10.2 Å². The molecular weight excluding hydrogens is 260 g/mol. The minimum Gasteiger partial charge on any atom is -0.358 e. The van der Waals surface area contributed by atoms with E-state index in [1.54, 1.807) is 0 Å². The number of hydrogen-bond donors (Lipinski definition) is 1. The molecule has 1 N–H and O–H groups in total.